The van der Waals surface area contributed by atoms with E-state index in [1.165, 1.54) is 13.2 Å². The summed E-state index contributed by atoms with van der Waals surface area (Å²) >= 11 is 6.12. The van der Waals surface area contributed by atoms with E-state index in [0.717, 1.165) is 0 Å². The van der Waals surface area contributed by atoms with Crippen molar-refractivity contribution in [2.75, 3.05) is 31.4 Å². The van der Waals surface area contributed by atoms with Gasteiger partial charge >= 0.3 is 5.97 Å². The third kappa shape index (κ3) is 2.86. The van der Waals surface area contributed by atoms with Crippen molar-refractivity contribution in [2.45, 2.75) is 13.0 Å². The molecule has 1 rings (SSSR count). The Bertz CT molecular complexity index is 451. The molecule has 1 aromatic carbocycles. The van der Waals surface area contributed by atoms with Crippen molar-refractivity contribution in [2.24, 2.45) is 0 Å². The number of carbonyl (C=O) groups excluding carboxylic acids is 1. The Balaban J connectivity index is 3.36. The number of nitrogens with zero attached hydrogens (tertiary/aromatic N) is 1. The van der Waals surface area contributed by atoms with Crippen LogP contribution in [0.25, 0.3) is 0 Å². The molecule has 0 aromatic heterocycles. The number of likely N-dealkylation sites (N-methyl/N-ethyl adjacent to an activating group) is 1. The van der Waals surface area contributed by atoms with Gasteiger partial charge in [0.05, 0.1) is 30.0 Å². The minimum Gasteiger partial charge on any atom is -0.465 e. The third-order valence-electron chi connectivity index (χ3n) is 2.77. The van der Waals surface area contributed by atoms with E-state index in [0.29, 0.717) is 16.4 Å². The number of methoxy groups -OCH3 is 1. The summed E-state index contributed by atoms with van der Waals surface area (Å²) in [7, 11) is 3.03. The molecule has 3 N–H and O–H groups in total. The molecule has 6 heteroatoms. The number of benzene rings is 1. The monoisotopic (exact) mass is 272 g/mol. The molecule has 0 amide bonds. The predicted octanol–water partition coefficient (Wildman–Crippen LogP) is 1.53. The summed E-state index contributed by atoms with van der Waals surface area (Å²) in [5.74, 6) is -0.517. The minimum absolute atomic E-state index is 0.0577. The number of hydrogen-bond acceptors (Lipinski definition) is 5. The molecule has 1 atom stereocenters. The lowest BCUT2D eigenvalue weighted by Crippen LogP contribution is -2.33. The maximum atomic E-state index is 11.7. The van der Waals surface area contributed by atoms with Gasteiger partial charge in [0, 0.05) is 18.8 Å². The quantitative estimate of drug-likeness (QED) is 0.642. The summed E-state index contributed by atoms with van der Waals surface area (Å²) in [6.07, 6.45) is 0. The van der Waals surface area contributed by atoms with E-state index in [4.69, 9.17) is 22.1 Å². The maximum absolute atomic E-state index is 11.7. The summed E-state index contributed by atoms with van der Waals surface area (Å²) in [5, 5.41) is 9.52. The lowest BCUT2D eigenvalue weighted by Gasteiger charge is -2.28. The van der Waals surface area contributed by atoms with Gasteiger partial charge < -0.3 is 20.5 Å². The van der Waals surface area contributed by atoms with Gasteiger partial charge in [0.15, 0.2) is 0 Å². The van der Waals surface area contributed by atoms with E-state index in [2.05, 4.69) is 0 Å². The van der Waals surface area contributed by atoms with Crippen LogP contribution >= 0.6 is 11.6 Å². The highest BCUT2D eigenvalue weighted by Crippen LogP contribution is 2.33. The molecule has 1 aromatic rings. The van der Waals surface area contributed by atoms with Crippen molar-refractivity contribution < 1.29 is 14.6 Å². The van der Waals surface area contributed by atoms with Gasteiger partial charge in [-0.1, -0.05) is 11.6 Å². The first-order chi connectivity index (χ1) is 8.42. The summed E-state index contributed by atoms with van der Waals surface area (Å²) in [5.41, 5.74) is 6.83. The number of ether oxygens (including phenoxy) is 1. The Morgan fingerprint density at radius 1 is 1.61 bits per heavy atom. The molecule has 0 heterocycles. The lowest BCUT2D eigenvalue weighted by atomic mass is 10.1. The summed E-state index contributed by atoms with van der Waals surface area (Å²) < 4.78 is 4.71. The summed E-state index contributed by atoms with van der Waals surface area (Å²) in [4.78, 5) is 13.4. The smallest absolute Gasteiger partial charge is 0.340 e. The Kier molecular flexibility index (Phi) is 4.81. The van der Waals surface area contributed by atoms with Crippen molar-refractivity contribution in [3.05, 3.63) is 22.7 Å². The first-order valence-electron chi connectivity index (χ1n) is 5.43. The number of anilines is 2. The number of nitrogen functional groups attached to an aromatic ring is 1. The molecule has 0 spiro atoms. The average molecular weight is 273 g/mol. The van der Waals surface area contributed by atoms with Crippen LogP contribution in [-0.2, 0) is 4.74 Å². The Morgan fingerprint density at radius 2 is 2.22 bits per heavy atom. The fourth-order valence-corrected chi connectivity index (χ4v) is 1.95. The fourth-order valence-electron chi connectivity index (χ4n) is 1.59. The van der Waals surface area contributed by atoms with E-state index >= 15 is 0 Å². The van der Waals surface area contributed by atoms with Gasteiger partial charge in [0.2, 0.25) is 0 Å². The molecule has 0 aliphatic carbocycles. The van der Waals surface area contributed by atoms with E-state index in [9.17, 15) is 9.90 Å². The molecular weight excluding hydrogens is 256 g/mol. The number of aliphatic hydroxyl groups is 1. The van der Waals surface area contributed by atoms with Gasteiger partial charge in [0.25, 0.3) is 0 Å². The zero-order chi connectivity index (χ0) is 13.9. The van der Waals surface area contributed by atoms with Gasteiger partial charge in [-0.05, 0) is 19.1 Å². The molecular formula is C12H17ClN2O3. The standard InChI is InChI=1S/C12H17ClN2O3/c1-7(6-16)15(2)11-9(12(17)18-3)4-8(14)5-10(11)13/h4-5,7,16H,6,14H2,1-3H3. The highest BCUT2D eigenvalue weighted by atomic mass is 35.5. The maximum Gasteiger partial charge on any atom is 0.340 e. The number of nitrogens with two attached hydrogens (primary N) is 1. The molecule has 0 saturated carbocycles. The van der Waals surface area contributed by atoms with Crippen LogP contribution < -0.4 is 10.6 Å². The molecule has 0 fully saturated rings. The third-order valence-corrected chi connectivity index (χ3v) is 3.06. The van der Waals surface area contributed by atoms with E-state index in [-0.39, 0.29) is 18.2 Å². The number of aliphatic hydroxyl groups excluding tert-OH is 1. The van der Waals surface area contributed by atoms with Gasteiger partial charge in [-0.15, -0.1) is 0 Å². The molecule has 100 valence electrons. The number of rotatable bonds is 4. The minimum atomic E-state index is -0.517. The van der Waals surface area contributed by atoms with Crippen molar-refractivity contribution >= 4 is 28.9 Å². The van der Waals surface area contributed by atoms with Gasteiger partial charge in [-0.25, -0.2) is 4.79 Å². The predicted molar refractivity (Wildman–Crippen MR) is 72.2 cm³/mol. The second-order valence-electron chi connectivity index (χ2n) is 4.03. The van der Waals surface area contributed by atoms with E-state index < -0.39 is 5.97 Å². The van der Waals surface area contributed by atoms with Crippen molar-refractivity contribution in [1.82, 2.24) is 0 Å². The Labute approximate surface area is 111 Å². The molecule has 0 bridgehead atoms. The summed E-state index contributed by atoms with van der Waals surface area (Å²) in [6, 6.07) is 2.88. The largest absolute Gasteiger partial charge is 0.465 e. The first-order valence-corrected chi connectivity index (χ1v) is 5.81. The second-order valence-corrected chi connectivity index (χ2v) is 4.44. The van der Waals surface area contributed by atoms with Crippen LogP contribution in [0, 0.1) is 0 Å². The molecule has 0 aliphatic rings. The molecule has 5 nitrogen and oxygen atoms in total. The van der Waals surface area contributed by atoms with Crippen LogP contribution in [0.15, 0.2) is 12.1 Å². The SMILES string of the molecule is COC(=O)c1cc(N)cc(Cl)c1N(C)C(C)CO. The lowest BCUT2D eigenvalue weighted by molar-refractivity contribution is 0.0601. The normalized spacial score (nSPS) is 12.1. The highest BCUT2D eigenvalue weighted by Gasteiger charge is 2.21. The second kappa shape index (κ2) is 5.93. The van der Waals surface area contributed by atoms with Gasteiger partial charge in [-0.3, -0.25) is 0 Å². The van der Waals surface area contributed by atoms with Crippen LogP contribution in [0.2, 0.25) is 5.02 Å². The topological polar surface area (TPSA) is 75.8 Å². The van der Waals surface area contributed by atoms with Crippen LogP contribution in [0.3, 0.4) is 0 Å². The molecule has 0 aliphatic heterocycles. The van der Waals surface area contributed by atoms with Crippen LogP contribution in [0.5, 0.6) is 0 Å². The summed E-state index contributed by atoms with van der Waals surface area (Å²) in [6.45, 7) is 1.76. The molecule has 0 radical (unpaired) electrons. The zero-order valence-corrected chi connectivity index (χ0v) is 11.4. The fraction of sp³-hybridized carbons (Fsp3) is 0.417. The van der Waals surface area contributed by atoms with Crippen molar-refractivity contribution in [1.29, 1.82) is 0 Å². The molecule has 1 unspecified atom stereocenters. The zero-order valence-electron chi connectivity index (χ0n) is 10.6. The van der Waals surface area contributed by atoms with Gasteiger partial charge in [-0.2, -0.15) is 0 Å². The van der Waals surface area contributed by atoms with Crippen molar-refractivity contribution in [3.8, 4) is 0 Å². The molecule has 0 saturated heterocycles. The number of esters is 1. The molecule has 18 heavy (non-hydrogen) atoms. The number of hydrogen-bond donors (Lipinski definition) is 2. The van der Waals surface area contributed by atoms with Crippen LogP contribution in [-0.4, -0.2) is 37.9 Å². The Hall–Kier alpha value is -1.46. The first kappa shape index (κ1) is 14.6. The van der Waals surface area contributed by atoms with Gasteiger partial charge in [0.1, 0.15) is 0 Å². The Morgan fingerprint density at radius 3 is 2.72 bits per heavy atom. The average Bonchev–Trinajstić information content (AvgIpc) is 2.35. The van der Waals surface area contributed by atoms with Crippen LogP contribution in [0.4, 0.5) is 11.4 Å². The number of carbonyl (C=O) groups is 1. The van der Waals surface area contributed by atoms with Crippen LogP contribution in [0.1, 0.15) is 17.3 Å². The highest BCUT2D eigenvalue weighted by molar-refractivity contribution is 6.34. The van der Waals surface area contributed by atoms with Crippen molar-refractivity contribution in [3.63, 3.8) is 0 Å². The van der Waals surface area contributed by atoms with E-state index in [1.54, 1.807) is 18.0 Å². The van der Waals surface area contributed by atoms with E-state index in [1.807, 2.05) is 6.92 Å². The number of halogens is 1.